The van der Waals surface area contributed by atoms with E-state index in [2.05, 4.69) is 36.6 Å². The van der Waals surface area contributed by atoms with Gasteiger partial charge in [0.2, 0.25) is 5.91 Å². The van der Waals surface area contributed by atoms with Gasteiger partial charge in [-0.1, -0.05) is 50.4 Å². The summed E-state index contributed by atoms with van der Waals surface area (Å²) in [5, 5.41) is 8.04. The Kier molecular flexibility index (Phi) is 5.63. The lowest BCUT2D eigenvalue weighted by molar-refractivity contribution is -0.134. The van der Waals surface area contributed by atoms with Crippen molar-refractivity contribution in [1.29, 1.82) is 0 Å². The van der Waals surface area contributed by atoms with Crippen molar-refractivity contribution in [2.75, 3.05) is 6.54 Å². The second-order valence-electron chi connectivity index (χ2n) is 12.7. The molecule has 6 rings (SSSR count). The van der Waals surface area contributed by atoms with Crippen LogP contribution >= 0.6 is 11.6 Å². The van der Waals surface area contributed by atoms with Crippen LogP contribution < -0.4 is 10.6 Å². The molecule has 2 N–H and O–H groups in total. The number of piperidine rings is 1. The molecule has 3 saturated carbocycles. The number of fused-ring (bicyclic) bond motifs is 5. The van der Waals surface area contributed by atoms with E-state index in [0.717, 1.165) is 69.4 Å². The molecule has 1 amide bonds. The zero-order chi connectivity index (χ0) is 24.4. The van der Waals surface area contributed by atoms with Crippen LogP contribution in [-0.2, 0) is 15.1 Å². The van der Waals surface area contributed by atoms with E-state index in [1.165, 1.54) is 11.3 Å². The Morgan fingerprint density at radius 1 is 1.00 bits per heavy atom. The third-order valence-corrected chi connectivity index (χ3v) is 11.4. The van der Waals surface area contributed by atoms with Crippen molar-refractivity contribution in [3.05, 3.63) is 46.6 Å². The number of amides is 1. The summed E-state index contributed by atoms with van der Waals surface area (Å²) in [6, 6.07) is 8.12. The minimum atomic E-state index is -0.248. The van der Waals surface area contributed by atoms with E-state index in [-0.39, 0.29) is 34.0 Å². The summed E-state index contributed by atoms with van der Waals surface area (Å²) in [6.45, 7) is 5.74. The topological polar surface area (TPSA) is 58.2 Å². The molecule has 6 atom stereocenters. The van der Waals surface area contributed by atoms with E-state index in [9.17, 15) is 9.59 Å². The molecule has 1 aromatic carbocycles. The summed E-state index contributed by atoms with van der Waals surface area (Å²) in [6.07, 6.45) is 12.2. The number of nitrogens with one attached hydrogen (secondary N) is 2. The van der Waals surface area contributed by atoms with Crippen molar-refractivity contribution < 1.29 is 9.59 Å². The first kappa shape index (κ1) is 23.6. The summed E-state index contributed by atoms with van der Waals surface area (Å²) in [4.78, 5) is 26.1. The lowest BCUT2D eigenvalue weighted by Gasteiger charge is -2.58. The third-order valence-electron chi connectivity index (χ3n) is 11.1. The molecule has 1 heterocycles. The van der Waals surface area contributed by atoms with Gasteiger partial charge in [0, 0.05) is 41.1 Å². The van der Waals surface area contributed by atoms with E-state index in [1.54, 1.807) is 0 Å². The number of ketones is 1. The quantitative estimate of drug-likeness (QED) is 0.530. The number of hydrogen-bond acceptors (Lipinski definition) is 3. The Bertz CT molecular complexity index is 1060. The number of rotatable bonds is 3. The van der Waals surface area contributed by atoms with Crippen LogP contribution in [0.5, 0.6) is 0 Å². The first-order chi connectivity index (χ1) is 16.8. The van der Waals surface area contributed by atoms with Crippen LogP contribution in [0.25, 0.3) is 0 Å². The molecule has 5 aliphatic rings. The van der Waals surface area contributed by atoms with E-state index >= 15 is 0 Å². The molecule has 1 aromatic rings. The molecule has 1 aliphatic heterocycles. The van der Waals surface area contributed by atoms with Gasteiger partial charge in [0.15, 0.2) is 5.78 Å². The summed E-state index contributed by atoms with van der Waals surface area (Å²) in [5.74, 6) is 2.37. The SMILES string of the molecule is CC12CCC(=O)C=C1NCC1C2CCC2(C)C(C(=O)NC3(c4ccc(Cl)cc4)CCCC3)CCC12. The van der Waals surface area contributed by atoms with Crippen LogP contribution in [-0.4, -0.2) is 18.2 Å². The number of halogens is 1. The van der Waals surface area contributed by atoms with Gasteiger partial charge in [-0.05, 0) is 85.8 Å². The molecule has 0 radical (unpaired) electrons. The Morgan fingerprint density at radius 3 is 2.49 bits per heavy atom. The molecule has 0 bridgehead atoms. The lowest BCUT2D eigenvalue weighted by Crippen LogP contribution is -2.57. The normalized spacial score (nSPS) is 39.6. The van der Waals surface area contributed by atoms with Gasteiger partial charge in [-0.25, -0.2) is 0 Å². The molecule has 4 nitrogen and oxygen atoms in total. The summed E-state index contributed by atoms with van der Waals surface area (Å²) >= 11 is 6.17. The molecule has 188 valence electrons. The van der Waals surface area contributed by atoms with Crippen molar-refractivity contribution in [3.63, 3.8) is 0 Å². The van der Waals surface area contributed by atoms with Crippen LogP contribution in [0.4, 0.5) is 0 Å². The number of carbonyl (C=O) groups is 2. The maximum absolute atomic E-state index is 14.0. The van der Waals surface area contributed by atoms with E-state index in [4.69, 9.17) is 11.6 Å². The molecular formula is C30H39ClN2O2. The molecule has 0 aromatic heterocycles. The van der Waals surface area contributed by atoms with E-state index in [1.807, 2.05) is 18.2 Å². The fraction of sp³-hybridized carbons (Fsp3) is 0.667. The highest BCUT2D eigenvalue weighted by molar-refractivity contribution is 6.30. The zero-order valence-corrected chi connectivity index (χ0v) is 21.9. The van der Waals surface area contributed by atoms with Crippen LogP contribution in [0.15, 0.2) is 36.0 Å². The Morgan fingerprint density at radius 2 is 1.74 bits per heavy atom. The average molecular weight is 495 g/mol. The molecule has 35 heavy (non-hydrogen) atoms. The lowest BCUT2D eigenvalue weighted by atomic mass is 9.50. The molecule has 5 heteroatoms. The number of benzene rings is 1. The number of carbonyl (C=O) groups excluding carboxylic acids is 2. The van der Waals surface area contributed by atoms with Crippen LogP contribution in [0.2, 0.25) is 5.02 Å². The largest absolute Gasteiger partial charge is 0.387 e. The Hall–Kier alpha value is -1.81. The number of hydrogen-bond donors (Lipinski definition) is 2. The van der Waals surface area contributed by atoms with Crippen molar-refractivity contribution in [1.82, 2.24) is 10.6 Å². The average Bonchev–Trinajstić information content (AvgIpc) is 3.44. The van der Waals surface area contributed by atoms with Gasteiger partial charge in [-0.3, -0.25) is 9.59 Å². The van der Waals surface area contributed by atoms with Gasteiger partial charge in [-0.2, -0.15) is 0 Å². The minimum Gasteiger partial charge on any atom is -0.387 e. The van der Waals surface area contributed by atoms with Crippen LogP contribution in [0.1, 0.15) is 83.6 Å². The second-order valence-corrected chi connectivity index (χ2v) is 13.1. The zero-order valence-electron chi connectivity index (χ0n) is 21.2. The van der Waals surface area contributed by atoms with Crippen LogP contribution in [0.3, 0.4) is 0 Å². The van der Waals surface area contributed by atoms with Crippen molar-refractivity contribution in [2.45, 2.75) is 83.6 Å². The molecule has 1 saturated heterocycles. The molecule has 6 unspecified atom stereocenters. The summed E-state index contributed by atoms with van der Waals surface area (Å²) in [7, 11) is 0. The fourth-order valence-electron chi connectivity index (χ4n) is 9.13. The highest BCUT2D eigenvalue weighted by Crippen LogP contribution is 2.64. The predicted molar refractivity (Wildman–Crippen MR) is 139 cm³/mol. The molecule has 4 fully saturated rings. The van der Waals surface area contributed by atoms with Gasteiger partial charge < -0.3 is 10.6 Å². The van der Waals surface area contributed by atoms with Crippen molar-refractivity contribution in [3.8, 4) is 0 Å². The summed E-state index contributed by atoms with van der Waals surface area (Å²) in [5.41, 5.74) is 2.26. The maximum atomic E-state index is 14.0. The Balaban J connectivity index is 1.23. The van der Waals surface area contributed by atoms with Crippen molar-refractivity contribution >= 4 is 23.3 Å². The highest BCUT2D eigenvalue weighted by atomic mass is 35.5. The molecule has 0 spiro atoms. The summed E-state index contributed by atoms with van der Waals surface area (Å²) < 4.78 is 0. The van der Waals surface area contributed by atoms with Gasteiger partial charge in [-0.15, -0.1) is 0 Å². The second kappa shape index (κ2) is 8.36. The maximum Gasteiger partial charge on any atom is 0.224 e. The first-order valence-corrected chi connectivity index (χ1v) is 14.2. The number of allylic oxidation sites excluding steroid dienone is 2. The van der Waals surface area contributed by atoms with Gasteiger partial charge in [0.1, 0.15) is 0 Å². The standard InChI is InChI=1S/C30H39ClN2O2/c1-28-16-12-24-22(18-32-26-17-21(34)11-15-29(24,26)2)23(28)9-10-25(28)27(35)33-30(13-3-4-14-30)19-5-7-20(31)8-6-19/h5-8,17,22-25,32H,3-4,9-16,18H2,1-2H3,(H,33,35). The first-order valence-electron chi connectivity index (χ1n) is 13.8. The molecular weight excluding hydrogens is 456 g/mol. The monoisotopic (exact) mass is 494 g/mol. The predicted octanol–water partition coefficient (Wildman–Crippen LogP) is 6.14. The third kappa shape index (κ3) is 3.61. The van der Waals surface area contributed by atoms with Gasteiger partial charge in [0.05, 0.1) is 5.54 Å². The van der Waals surface area contributed by atoms with Crippen LogP contribution in [0, 0.1) is 34.5 Å². The van der Waals surface area contributed by atoms with E-state index < -0.39 is 0 Å². The minimum absolute atomic E-state index is 0.0504. The smallest absolute Gasteiger partial charge is 0.224 e. The molecule has 4 aliphatic carbocycles. The van der Waals surface area contributed by atoms with Gasteiger partial charge in [0.25, 0.3) is 0 Å². The van der Waals surface area contributed by atoms with Crippen molar-refractivity contribution in [2.24, 2.45) is 34.5 Å². The fourth-order valence-corrected chi connectivity index (χ4v) is 9.26. The van der Waals surface area contributed by atoms with E-state index in [0.29, 0.717) is 24.2 Å². The Labute approximate surface area is 214 Å². The highest BCUT2D eigenvalue weighted by Gasteiger charge is 2.60. The van der Waals surface area contributed by atoms with Gasteiger partial charge >= 0.3 is 0 Å².